The van der Waals surface area contributed by atoms with Crippen LogP contribution in [0.1, 0.15) is 62.6 Å². The van der Waals surface area contributed by atoms with E-state index in [1.807, 2.05) is 6.07 Å². The molecule has 1 amide bonds. The molecular formula is C32H38FN7O3. The number of anilines is 2. The molecule has 0 spiro atoms. The van der Waals surface area contributed by atoms with Gasteiger partial charge in [-0.15, -0.1) is 0 Å². The fourth-order valence-corrected chi connectivity index (χ4v) is 5.50. The van der Waals surface area contributed by atoms with Crippen molar-refractivity contribution in [2.75, 3.05) is 31.5 Å². The summed E-state index contributed by atoms with van der Waals surface area (Å²) in [5, 5.41) is 16.5. The molecule has 0 saturated carbocycles. The van der Waals surface area contributed by atoms with E-state index in [2.05, 4.69) is 50.7 Å². The molecule has 5 rings (SSSR count). The van der Waals surface area contributed by atoms with Crippen molar-refractivity contribution in [3.05, 3.63) is 59.4 Å². The number of amides is 1. The molecule has 10 nitrogen and oxygen atoms in total. The summed E-state index contributed by atoms with van der Waals surface area (Å²) in [4.78, 5) is 26.8. The predicted molar refractivity (Wildman–Crippen MR) is 161 cm³/mol. The first kappa shape index (κ1) is 30.2. The summed E-state index contributed by atoms with van der Waals surface area (Å²) in [6.07, 6.45) is 1.20. The van der Waals surface area contributed by atoms with Gasteiger partial charge in [-0.1, -0.05) is 6.07 Å². The number of piperidine rings is 2. The van der Waals surface area contributed by atoms with Gasteiger partial charge in [-0.25, -0.2) is 19.2 Å². The number of ether oxygens (including phenoxy) is 2. The lowest BCUT2D eigenvalue weighted by atomic mass is 9.87. The Labute approximate surface area is 251 Å². The third kappa shape index (κ3) is 7.56. The first-order chi connectivity index (χ1) is 20.6. The Morgan fingerprint density at radius 3 is 2.63 bits per heavy atom. The molecule has 2 saturated heterocycles. The number of alkyl halides is 1. The standard InChI is InChI=1S/C32H38FN7O3/c1-20-15-24(6-7-25(20)21-9-12-35-13-10-21)38-30-37-19-36-29(39-30)22-5-8-27(23(16-22)17-34)42-28-11-14-40(18-26(28)33)31(41)43-32(2,3)4/h5-8,15-16,19,21,26,28,35H,9-14,18H2,1-4H3,(H,36,37,38,39)/t26-,28+/m1/s1. The van der Waals surface area contributed by atoms with Crippen molar-refractivity contribution in [2.45, 2.75) is 70.8 Å². The summed E-state index contributed by atoms with van der Waals surface area (Å²) in [6.45, 7) is 9.68. The van der Waals surface area contributed by atoms with Crippen LogP contribution in [0.2, 0.25) is 0 Å². The number of nitrogens with one attached hydrogen (secondary N) is 2. The molecule has 43 heavy (non-hydrogen) atoms. The SMILES string of the molecule is Cc1cc(Nc2ncnc(-c3ccc(O[C@H]4CCN(C(=O)OC(C)(C)C)C[C@H]4F)c(C#N)c3)n2)ccc1C1CCNCC1. The van der Waals surface area contributed by atoms with Crippen LogP contribution in [0.3, 0.4) is 0 Å². The summed E-state index contributed by atoms with van der Waals surface area (Å²) < 4.78 is 26.3. The van der Waals surface area contributed by atoms with Gasteiger partial charge in [0, 0.05) is 24.2 Å². The zero-order valence-electron chi connectivity index (χ0n) is 25.1. The first-order valence-corrected chi connectivity index (χ1v) is 14.7. The Balaban J connectivity index is 1.25. The smallest absolute Gasteiger partial charge is 0.410 e. The maximum atomic E-state index is 15.0. The molecule has 0 radical (unpaired) electrons. The van der Waals surface area contributed by atoms with Crippen LogP contribution in [0.25, 0.3) is 11.4 Å². The molecule has 0 aliphatic carbocycles. The Hall–Kier alpha value is -4.30. The highest BCUT2D eigenvalue weighted by molar-refractivity contribution is 5.68. The van der Waals surface area contributed by atoms with Gasteiger partial charge >= 0.3 is 6.09 Å². The van der Waals surface area contributed by atoms with Crippen molar-refractivity contribution in [1.29, 1.82) is 5.26 Å². The molecule has 2 aromatic carbocycles. The summed E-state index contributed by atoms with van der Waals surface area (Å²) in [5.74, 6) is 1.61. The van der Waals surface area contributed by atoms with Crippen LogP contribution in [0.5, 0.6) is 5.75 Å². The lowest BCUT2D eigenvalue weighted by Gasteiger charge is -2.35. The zero-order chi connectivity index (χ0) is 30.6. The van der Waals surface area contributed by atoms with Crippen LogP contribution in [0.15, 0.2) is 42.7 Å². The molecule has 0 bridgehead atoms. The minimum Gasteiger partial charge on any atom is -0.486 e. The number of halogens is 1. The molecule has 2 aliphatic heterocycles. The fourth-order valence-electron chi connectivity index (χ4n) is 5.50. The van der Waals surface area contributed by atoms with Crippen LogP contribution in [-0.2, 0) is 4.74 Å². The van der Waals surface area contributed by atoms with Crippen LogP contribution >= 0.6 is 0 Å². The van der Waals surface area contributed by atoms with Crippen molar-refractivity contribution < 1.29 is 18.7 Å². The molecule has 226 valence electrons. The average Bonchev–Trinajstić information content (AvgIpc) is 2.98. The topological polar surface area (TPSA) is 125 Å². The number of likely N-dealkylation sites (tertiary alicyclic amines) is 1. The maximum Gasteiger partial charge on any atom is 0.410 e. The normalized spacial score (nSPS) is 19.4. The van der Waals surface area contributed by atoms with E-state index in [4.69, 9.17) is 9.47 Å². The van der Waals surface area contributed by atoms with E-state index in [9.17, 15) is 10.1 Å². The van der Waals surface area contributed by atoms with E-state index in [1.165, 1.54) is 22.4 Å². The molecule has 0 unspecified atom stereocenters. The van der Waals surface area contributed by atoms with Gasteiger partial charge in [0.2, 0.25) is 5.95 Å². The Kier molecular flexibility index (Phi) is 9.06. The van der Waals surface area contributed by atoms with Crippen molar-refractivity contribution in [1.82, 2.24) is 25.2 Å². The number of aromatic nitrogens is 3. The second-order valence-electron chi connectivity index (χ2n) is 12.1. The molecule has 3 aromatic rings. The number of carbonyl (C=O) groups excluding carboxylic acids is 1. The van der Waals surface area contributed by atoms with Crippen molar-refractivity contribution in [2.24, 2.45) is 0 Å². The molecule has 2 fully saturated rings. The number of rotatable bonds is 6. The minimum atomic E-state index is -1.43. The summed E-state index contributed by atoms with van der Waals surface area (Å²) in [7, 11) is 0. The highest BCUT2D eigenvalue weighted by Crippen LogP contribution is 2.31. The summed E-state index contributed by atoms with van der Waals surface area (Å²) >= 11 is 0. The van der Waals surface area contributed by atoms with E-state index in [0.717, 1.165) is 31.6 Å². The number of nitriles is 1. The highest BCUT2D eigenvalue weighted by Gasteiger charge is 2.35. The molecule has 1 aromatic heterocycles. The van der Waals surface area contributed by atoms with Gasteiger partial charge in [0.05, 0.1) is 12.1 Å². The zero-order valence-corrected chi connectivity index (χ0v) is 25.1. The van der Waals surface area contributed by atoms with Crippen LogP contribution in [0.4, 0.5) is 20.8 Å². The van der Waals surface area contributed by atoms with Crippen LogP contribution < -0.4 is 15.4 Å². The second-order valence-corrected chi connectivity index (χ2v) is 12.1. The van der Waals surface area contributed by atoms with Crippen molar-refractivity contribution in [3.63, 3.8) is 0 Å². The van der Waals surface area contributed by atoms with Gasteiger partial charge in [0.25, 0.3) is 0 Å². The molecule has 11 heteroatoms. The van der Waals surface area contributed by atoms with E-state index in [-0.39, 0.29) is 24.3 Å². The maximum absolute atomic E-state index is 15.0. The number of benzene rings is 2. The Bertz CT molecular complexity index is 1500. The average molecular weight is 588 g/mol. The van der Waals surface area contributed by atoms with E-state index in [1.54, 1.807) is 39.0 Å². The minimum absolute atomic E-state index is 0.138. The number of carbonyl (C=O) groups is 1. The molecule has 2 aliphatic rings. The summed E-state index contributed by atoms with van der Waals surface area (Å²) in [5.41, 5.74) is 3.66. The largest absolute Gasteiger partial charge is 0.486 e. The quantitative estimate of drug-likeness (QED) is 0.376. The first-order valence-electron chi connectivity index (χ1n) is 14.7. The van der Waals surface area contributed by atoms with Crippen LogP contribution in [0, 0.1) is 18.3 Å². The fraction of sp³-hybridized carbons (Fsp3) is 0.469. The van der Waals surface area contributed by atoms with E-state index >= 15 is 4.39 Å². The number of nitrogens with zero attached hydrogens (tertiary/aromatic N) is 5. The molecule has 2 atom stereocenters. The Morgan fingerprint density at radius 1 is 1.14 bits per heavy atom. The van der Waals surface area contributed by atoms with E-state index < -0.39 is 24.0 Å². The van der Waals surface area contributed by atoms with Crippen molar-refractivity contribution in [3.8, 4) is 23.2 Å². The Morgan fingerprint density at radius 2 is 1.93 bits per heavy atom. The lowest BCUT2D eigenvalue weighted by Crippen LogP contribution is -2.50. The molecular weight excluding hydrogens is 549 g/mol. The second kappa shape index (κ2) is 12.9. The van der Waals surface area contributed by atoms with Gasteiger partial charge in [-0.3, -0.25) is 0 Å². The monoisotopic (exact) mass is 587 g/mol. The predicted octanol–water partition coefficient (Wildman–Crippen LogP) is 5.66. The molecule has 3 heterocycles. The third-order valence-electron chi connectivity index (χ3n) is 7.65. The summed E-state index contributed by atoms with van der Waals surface area (Å²) in [6, 6.07) is 13.4. The van der Waals surface area contributed by atoms with Gasteiger partial charge < -0.3 is 25.0 Å². The third-order valence-corrected chi connectivity index (χ3v) is 7.65. The van der Waals surface area contributed by atoms with Gasteiger partial charge in [0.15, 0.2) is 12.0 Å². The lowest BCUT2D eigenvalue weighted by molar-refractivity contribution is -0.0106. The number of hydrogen-bond donors (Lipinski definition) is 2. The van der Waals surface area contributed by atoms with Crippen LogP contribution in [-0.4, -0.2) is 70.0 Å². The van der Waals surface area contributed by atoms with E-state index in [0.29, 0.717) is 29.8 Å². The number of hydrogen-bond acceptors (Lipinski definition) is 9. The van der Waals surface area contributed by atoms with Gasteiger partial charge in [-0.2, -0.15) is 10.2 Å². The highest BCUT2D eigenvalue weighted by atomic mass is 19.1. The number of aryl methyl sites for hydroxylation is 1. The van der Waals surface area contributed by atoms with Gasteiger partial charge in [0.1, 0.15) is 29.9 Å². The molecule has 2 N–H and O–H groups in total. The van der Waals surface area contributed by atoms with Crippen molar-refractivity contribution >= 4 is 17.7 Å². The van der Waals surface area contributed by atoms with Gasteiger partial charge in [-0.05, 0) is 101 Å².